The van der Waals surface area contributed by atoms with Gasteiger partial charge in [0.05, 0.1) is 12.3 Å². The van der Waals surface area contributed by atoms with E-state index < -0.39 is 0 Å². The molecule has 1 aromatic carbocycles. The van der Waals surface area contributed by atoms with Crippen LogP contribution < -0.4 is 5.32 Å². The Bertz CT molecular complexity index is 565. The Kier molecular flexibility index (Phi) is 5.69. The second kappa shape index (κ2) is 7.73. The van der Waals surface area contributed by atoms with E-state index >= 15 is 0 Å². The highest BCUT2D eigenvalue weighted by Gasteiger charge is 2.21. The van der Waals surface area contributed by atoms with E-state index in [4.69, 9.17) is 4.84 Å². The van der Waals surface area contributed by atoms with Crippen LogP contribution in [0.5, 0.6) is 0 Å². The van der Waals surface area contributed by atoms with Crippen molar-refractivity contribution in [3.05, 3.63) is 47.8 Å². The Balaban J connectivity index is 1.73. The van der Waals surface area contributed by atoms with E-state index in [2.05, 4.69) is 10.5 Å². The van der Waals surface area contributed by atoms with Gasteiger partial charge in [0.1, 0.15) is 11.9 Å². The van der Waals surface area contributed by atoms with Crippen LogP contribution in [0.25, 0.3) is 0 Å². The van der Waals surface area contributed by atoms with E-state index in [0.717, 1.165) is 11.3 Å². The summed E-state index contributed by atoms with van der Waals surface area (Å²) in [6.07, 6.45) is 4.57. The minimum atomic E-state index is -0.247. The third-order valence-electron chi connectivity index (χ3n) is 3.25. The fourth-order valence-corrected chi connectivity index (χ4v) is 2.09. The van der Waals surface area contributed by atoms with E-state index in [1.807, 2.05) is 19.9 Å². The zero-order chi connectivity index (χ0) is 15.9. The van der Waals surface area contributed by atoms with E-state index in [0.29, 0.717) is 25.3 Å². The summed E-state index contributed by atoms with van der Waals surface area (Å²) in [7, 11) is 0. The largest absolute Gasteiger partial charge is 0.390 e. The van der Waals surface area contributed by atoms with Gasteiger partial charge in [0, 0.05) is 12.8 Å². The van der Waals surface area contributed by atoms with Crippen molar-refractivity contribution in [1.82, 2.24) is 5.32 Å². The van der Waals surface area contributed by atoms with E-state index in [1.165, 1.54) is 12.1 Å². The van der Waals surface area contributed by atoms with Gasteiger partial charge in [-0.2, -0.15) is 0 Å². The van der Waals surface area contributed by atoms with Crippen molar-refractivity contribution in [3.63, 3.8) is 0 Å². The molecule has 1 N–H and O–H groups in total. The highest BCUT2D eigenvalue weighted by molar-refractivity contribution is 5.88. The SMILES string of the molecule is CC(C)/C=C/C(=O)NC[C@H]1CC(Cc2ccc(F)cc2)=NO1. The smallest absolute Gasteiger partial charge is 0.243 e. The number of amides is 1. The minimum Gasteiger partial charge on any atom is -0.390 e. The third kappa shape index (κ3) is 5.31. The number of benzene rings is 1. The Morgan fingerprint density at radius 3 is 2.86 bits per heavy atom. The quantitative estimate of drug-likeness (QED) is 0.822. The van der Waals surface area contributed by atoms with Gasteiger partial charge in [0.2, 0.25) is 5.91 Å². The predicted molar refractivity (Wildman–Crippen MR) is 84.0 cm³/mol. The molecule has 1 amide bonds. The Hall–Kier alpha value is -2.17. The molecule has 0 spiro atoms. The van der Waals surface area contributed by atoms with Crippen LogP contribution in [0.15, 0.2) is 41.6 Å². The van der Waals surface area contributed by atoms with Crippen molar-refractivity contribution >= 4 is 11.6 Å². The van der Waals surface area contributed by atoms with Crippen LogP contribution in [0, 0.1) is 11.7 Å². The Morgan fingerprint density at radius 1 is 1.45 bits per heavy atom. The molecule has 1 heterocycles. The number of halogens is 1. The number of rotatable bonds is 6. The lowest BCUT2D eigenvalue weighted by Gasteiger charge is -2.08. The number of allylic oxidation sites excluding steroid dienone is 1. The molecule has 1 aliphatic rings. The van der Waals surface area contributed by atoms with E-state index in [1.54, 1.807) is 18.2 Å². The molecular formula is C17H21FN2O2. The van der Waals surface area contributed by atoms with Gasteiger partial charge in [0.15, 0.2) is 0 Å². The number of carbonyl (C=O) groups is 1. The third-order valence-corrected chi connectivity index (χ3v) is 3.25. The molecule has 118 valence electrons. The zero-order valence-electron chi connectivity index (χ0n) is 12.9. The molecule has 0 saturated heterocycles. The summed E-state index contributed by atoms with van der Waals surface area (Å²) >= 11 is 0. The van der Waals surface area contributed by atoms with Crippen LogP contribution in [-0.4, -0.2) is 24.3 Å². The fourth-order valence-electron chi connectivity index (χ4n) is 2.09. The molecule has 5 heteroatoms. The van der Waals surface area contributed by atoms with Crippen molar-refractivity contribution in [1.29, 1.82) is 0 Å². The lowest BCUT2D eigenvalue weighted by Crippen LogP contribution is -2.31. The Labute approximate surface area is 130 Å². The number of carbonyl (C=O) groups excluding carboxylic acids is 1. The van der Waals surface area contributed by atoms with Crippen LogP contribution in [-0.2, 0) is 16.1 Å². The maximum absolute atomic E-state index is 12.9. The lowest BCUT2D eigenvalue weighted by atomic mass is 10.0. The molecule has 1 aliphatic heterocycles. The molecule has 0 bridgehead atoms. The Morgan fingerprint density at radius 2 is 2.18 bits per heavy atom. The average Bonchev–Trinajstić information content (AvgIpc) is 2.93. The van der Waals surface area contributed by atoms with Crippen LogP contribution >= 0.6 is 0 Å². The second-order valence-corrected chi connectivity index (χ2v) is 5.74. The van der Waals surface area contributed by atoms with E-state index in [9.17, 15) is 9.18 Å². The molecule has 4 nitrogen and oxygen atoms in total. The molecule has 0 aromatic heterocycles. The van der Waals surface area contributed by atoms with Crippen molar-refractivity contribution in [2.24, 2.45) is 11.1 Å². The summed E-state index contributed by atoms with van der Waals surface area (Å²) < 4.78 is 12.9. The van der Waals surface area contributed by atoms with Crippen LogP contribution in [0.2, 0.25) is 0 Å². The van der Waals surface area contributed by atoms with Crippen LogP contribution in [0.4, 0.5) is 4.39 Å². The maximum Gasteiger partial charge on any atom is 0.243 e. The molecule has 1 atom stereocenters. The fraction of sp³-hybridized carbons (Fsp3) is 0.412. The number of nitrogens with one attached hydrogen (secondary N) is 1. The van der Waals surface area contributed by atoms with Crippen LogP contribution in [0.1, 0.15) is 25.8 Å². The molecule has 2 rings (SSSR count). The number of hydrogen-bond acceptors (Lipinski definition) is 3. The zero-order valence-corrected chi connectivity index (χ0v) is 12.9. The van der Waals surface area contributed by atoms with Crippen molar-refractivity contribution in [2.75, 3.05) is 6.54 Å². The summed E-state index contributed by atoms with van der Waals surface area (Å²) in [5.74, 6) is -0.0215. The van der Waals surface area contributed by atoms with Gasteiger partial charge < -0.3 is 10.2 Å². The normalized spacial score (nSPS) is 17.6. The van der Waals surface area contributed by atoms with Gasteiger partial charge in [-0.1, -0.05) is 37.2 Å². The topological polar surface area (TPSA) is 50.7 Å². The molecule has 0 fully saturated rings. The van der Waals surface area contributed by atoms with Gasteiger partial charge in [-0.3, -0.25) is 4.79 Å². The molecule has 0 radical (unpaired) electrons. The molecule has 0 aliphatic carbocycles. The molecule has 0 saturated carbocycles. The monoisotopic (exact) mass is 304 g/mol. The number of nitrogens with zero attached hydrogens (tertiary/aromatic N) is 1. The molecule has 0 unspecified atom stereocenters. The van der Waals surface area contributed by atoms with Gasteiger partial charge in [0.25, 0.3) is 0 Å². The molecule has 22 heavy (non-hydrogen) atoms. The maximum atomic E-state index is 12.9. The minimum absolute atomic E-state index is 0.121. The van der Waals surface area contributed by atoms with Crippen molar-refractivity contribution in [2.45, 2.75) is 32.8 Å². The summed E-state index contributed by atoms with van der Waals surface area (Å²) in [6.45, 7) is 4.45. The summed E-state index contributed by atoms with van der Waals surface area (Å²) in [4.78, 5) is 16.9. The van der Waals surface area contributed by atoms with Gasteiger partial charge in [-0.15, -0.1) is 0 Å². The van der Waals surface area contributed by atoms with Gasteiger partial charge >= 0.3 is 0 Å². The van der Waals surface area contributed by atoms with E-state index in [-0.39, 0.29) is 17.8 Å². The highest BCUT2D eigenvalue weighted by Crippen LogP contribution is 2.14. The predicted octanol–water partition coefficient (Wildman–Crippen LogP) is 2.84. The first-order valence-electron chi connectivity index (χ1n) is 7.45. The summed E-state index contributed by atoms with van der Waals surface area (Å²) in [6, 6.07) is 6.35. The lowest BCUT2D eigenvalue weighted by molar-refractivity contribution is -0.117. The average molecular weight is 304 g/mol. The van der Waals surface area contributed by atoms with Crippen molar-refractivity contribution in [3.8, 4) is 0 Å². The summed E-state index contributed by atoms with van der Waals surface area (Å²) in [5, 5.41) is 6.84. The van der Waals surface area contributed by atoms with Gasteiger partial charge in [-0.05, 0) is 29.7 Å². The number of oxime groups is 1. The summed E-state index contributed by atoms with van der Waals surface area (Å²) in [5.41, 5.74) is 1.90. The second-order valence-electron chi connectivity index (χ2n) is 5.74. The molecular weight excluding hydrogens is 283 g/mol. The van der Waals surface area contributed by atoms with Crippen molar-refractivity contribution < 1.29 is 14.0 Å². The first-order chi connectivity index (χ1) is 10.5. The first kappa shape index (κ1) is 16.2. The number of hydrogen-bond donors (Lipinski definition) is 1. The molecule has 1 aromatic rings. The van der Waals surface area contributed by atoms with Crippen LogP contribution in [0.3, 0.4) is 0 Å². The first-order valence-corrected chi connectivity index (χ1v) is 7.45. The van der Waals surface area contributed by atoms with Gasteiger partial charge in [-0.25, -0.2) is 4.39 Å². The standard InChI is InChI=1S/C17H21FN2O2/c1-12(2)3-8-17(21)19-11-16-10-15(20-22-16)9-13-4-6-14(18)7-5-13/h3-8,12,16H,9-11H2,1-2H3,(H,19,21)/b8-3+/t16-/m1/s1. The highest BCUT2D eigenvalue weighted by atomic mass is 19.1.